The highest BCUT2D eigenvalue weighted by molar-refractivity contribution is 9.10. The lowest BCUT2D eigenvalue weighted by Crippen LogP contribution is -2.36. The van der Waals surface area contributed by atoms with Crippen molar-refractivity contribution in [2.75, 3.05) is 11.4 Å². The number of rotatable bonds is 2. The van der Waals surface area contributed by atoms with Crippen molar-refractivity contribution in [3.05, 3.63) is 58.3 Å². The minimum Gasteiger partial charge on any atom is -0.369 e. The molecule has 2 heterocycles. The summed E-state index contributed by atoms with van der Waals surface area (Å²) >= 11 is 3.58. The molecule has 1 aliphatic rings. The van der Waals surface area contributed by atoms with E-state index in [0.717, 1.165) is 21.4 Å². The fourth-order valence-electron chi connectivity index (χ4n) is 2.37. The number of benzene rings is 1. The monoisotopic (exact) mass is 330 g/mol. The fraction of sp³-hybridized carbons (Fsp3) is 0.200. The van der Waals surface area contributed by atoms with Gasteiger partial charge in [-0.2, -0.15) is 0 Å². The number of aliphatic imine (C=N–C) groups is 1. The first-order chi connectivity index (χ1) is 9.66. The summed E-state index contributed by atoms with van der Waals surface area (Å²) in [6.45, 7) is 2.63. The maximum atomic E-state index is 6.07. The summed E-state index contributed by atoms with van der Waals surface area (Å²) in [7, 11) is 0. The van der Waals surface area contributed by atoms with Crippen LogP contribution in [0.4, 0.5) is 5.69 Å². The van der Waals surface area contributed by atoms with Crippen molar-refractivity contribution in [1.29, 1.82) is 0 Å². The molecule has 2 N–H and O–H groups in total. The van der Waals surface area contributed by atoms with E-state index in [1.807, 2.05) is 43.5 Å². The molecule has 20 heavy (non-hydrogen) atoms. The van der Waals surface area contributed by atoms with Crippen molar-refractivity contribution < 1.29 is 0 Å². The van der Waals surface area contributed by atoms with Crippen molar-refractivity contribution >= 4 is 27.6 Å². The molecule has 1 aromatic heterocycles. The number of nitrogens with two attached hydrogens (primary N) is 1. The van der Waals surface area contributed by atoms with E-state index in [1.165, 1.54) is 0 Å². The predicted octanol–water partition coefficient (Wildman–Crippen LogP) is 3.03. The molecule has 3 rings (SSSR count). The number of aryl methyl sites for hydroxylation is 1. The Balaban J connectivity index is 2.01. The number of hydrogen-bond donors (Lipinski definition) is 1. The van der Waals surface area contributed by atoms with E-state index < -0.39 is 0 Å². The molecule has 1 aliphatic heterocycles. The number of hydrogen-bond acceptors (Lipinski definition) is 4. The van der Waals surface area contributed by atoms with Crippen molar-refractivity contribution in [3.8, 4) is 0 Å². The number of nitrogens with zero attached hydrogens (tertiary/aromatic N) is 3. The lowest BCUT2D eigenvalue weighted by Gasteiger charge is -2.27. The second-order valence-electron chi connectivity index (χ2n) is 4.77. The molecule has 1 unspecified atom stereocenters. The van der Waals surface area contributed by atoms with Gasteiger partial charge < -0.3 is 10.6 Å². The molecule has 0 saturated carbocycles. The summed E-state index contributed by atoms with van der Waals surface area (Å²) in [4.78, 5) is 10.8. The molecule has 0 spiro atoms. The Morgan fingerprint density at radius 1 is 1.25 bits per heavy atom. The highest BCUT2D eigenvalue weighted by Gasteiger charge is 2.30. The zero-order valence-electron chi connectivity index (χ0n) is 11.1. The van der Waals surface area contributed by atoms with Crippen molar-refractivity contribution in [3.63, 3.8) is 0 Å². The summed E-state index contributed by atoms with van der Waals surface area (Å²) < 4.78 is 1.00. The van der Waals surface area contributed by atoms with E-state index in [4.69, 9.17) is 5.73 Å². The maximum absolute atomic E-state index is 6.07. The summed E-state index contributed by atoms with van der Waals surface area (Å²) in [5.41, 5.74) is 9.23. The van der Waals surface area contributed by atoms with Crippen LogP contribution in [-0.2, 0) is 0 Å². The van der Waals surface area contributed by atoms with Gasteiger partial charge in [-0.25, -0.2) is 0 Å². The molecule has 0 radical (unpaired) electrons. The number of halogens is 1. The van der Waals surface area contributed by atoms with Crippen LogP contribution in [0.25, 0.3) is 0 Å². The van der Waals surface area contributed by atoms with E-state index in [1.54, 1.807) is 0 Å². The topological polar surface area (TPSA) is 54.5 Å². The normalized spacial score (nSPS) is 18.2. The van der Waals surface area contributed by atoms with Crippen LogP contribution in [0, 0.1) is 6.92 Å². The van der Waals surface area contributed by atoms with Gasteiger partial charge in [-0.1, -0.05) is 18.2 Å². The summed E-state index contributed by atoms with van der Waals surface area (Å²) in [6.07, 6.45) is 1.90. The van der Waals surface area contributed by atoms with Crippen LogP contribution < -0.4 is 10.6 Å². The average Bonchev–Trinajstić information content (AvgIpc) is 2.82. The van der Waals surface area contributed by atoms with Gasteiger partial charge in [0.05, 0.1) is 18.3 Å². The first-order valence-electron chi connectivity index (χ1n) is 6.43. The quantitative estimate of drug-likeness (QED) is 0.920. The van der Waals surface area contributed by atoms with Gasteiger partial charge in [0, 0.05) is 16.4 Å². The minimum absolute atomic E-state index is 0.0989. The van der Waals surface area contributed by atoms with E-state index in [2.05, 4.69) is 36.9 Å². The number of anilines is 1. The third-order valence-electron chi connectivity index (χ3n) is 3.42. The zero-order valence-corrected chi connectivity index (χ0v) is 12.7. The molecule has 1 aromatic carbocycles. The molecule has 0 bridgehead atoms. The summed E-state index contributed by atoms with van der Waals surface area (Å²) in [5.74, 6) is 0.544. The molecule has 5 heteroatoms. The van der Waals surface area contributed by atoms with Crippen LogP contribution in [-0.4, -0.2) is 17.5 Å². The Kier molecular flexibility index (Phi) is 3.44. The van der Waals surface area contributed by atoms with Gasteiger partial charge in [-0.05, 0) is 46.6 Å². The second-order valence-corrected chi connectivity index (χ2v) is 5.62. The molecule has 4 nitrogen and oxygen atoms in total. The van der Waals surface area contributed by atoms with Crippen LogP contribution in [0.1, 0.15) is 17.3 Å². The highest BCUT2D eigenvalue weighted by Crippen LogP contribution is 2.35. The molecule has 0 aliphatic carbocycles. The number of pyridine rings is 1. The first-order valence-corrected chi connectivity index (χ1v) is 7.22. The largest absolute Gasteiger partial charge is 0.369 e. The lowest BCUT2D eigenvalue weighted by atomic mass is 10.1. The highest BCUT2D eigenvalue weighted by atomic mass is 79.9. The Hall–Kier alpha value is -1.88. The van der Waals surface area contributed by atoms with Crippen LogP contribution in [0.2, 0.25) is 0 Å². The Bertz CT molecular complexity index is 651. The molecule has 1 atom stereocenters. The molecular weight excluding hydrogens is 316 g/mol. The SMILES string of the molecule is Cc1ccc(C2CN=C(N)N2c2ccccc2Br)cn1. The molecule has 0 saturated heterocycles. The predicted molar refractivity (Wildman–Crippen MR) is 84.8 cm³/mol. The van der Waals surface area contributed by atoms with Gasteiger partial charge in [0.25, 0.3) is 0 Å². The Morgan fingerprint density at radius 3 is 2.75 bits per heavy atom. The van der Waals surface area contributed by atoms with Gasteiger partial charge in [0.1, 0.15) is 0 Å². The van der Waals surface area contributed by atoms with Gasteiger partial charge in [-0.15, -0.1) is 0 Å². The van der Waals surface area contributed by atoms with Crippen LogP contribution in [0.15, 0.2) is 52.1 Å². The molecule has 0 amide bonds. The van der Waals surface area contributed by atoms with E-state index in [0.29, 0.717) is 12.5 Å². The smallest absolute Gasteiger partial charge is 0.196 e. The minimum atomic E-state index is 0.0989. The number of para-hydroxylation sites is 1. The molecule has 102 valence electrons. The second kappa shape index (κ2) is 5.25. The van der Waals surface area contributed by atoms with E-state index in [9.17, 15) is 0 Å². The van der Waals surface area contributed by atoms with Crippen LogP contribution >= 0.6 is 15.9 Å². The lowest BCUT2D eigenvalue weighted by molar-refractivity contribution is 0.762. The standard InChI is InChI=1S/C15H15BrN4/c1-10-6-7-11(8-18-10)14-9-19-15(17)20(14)13-5-3-2-4-12(13)16/h2-8,14H,9H2,1H3,(H2,17,19). The molecule has 2 aromatic rings. The molecular formula is C15H15BrN4. The Morgan fingerprint density at radius 2 is 2.05 bits per heavy atom. The van der Waals surface area contributed by atoms with Crippen LogP contribution in [0.5, 0.6) is 0 Å². The van der Waals surface area contributed by atoms with Crippen molar-refractivity contribution in [2.24, 2.45) is 10.7 Å². The number of guanidine groups is 1. The Labute approximate surface area is 126 Å². The fourth-order valence-corrected chi connectivity index (χ4v) is 2.84. The maximum Gasteiger partial charge on any atom is 0.196 e. The van der Waals surface area contributed by atoms with E-state index >= 15 is 0 Å². The van der Waals surface area contributed by atoms with Gasteiger partial charge in [0.15, 0.2) is 5.96 Å². The summed E-state index contributed by atoms with van der Waals surface area (Å²) in [5, 5.41) is 0. The van der Waals surface area contributed by atoms with E-state index in [-0.39, 0.29) is 6.04 Å². The third-order valence-corrected chi connectivity index (χ3v) is 4.09. The van der Waals surface area contributed by atoms with Gasteiger partial charge >= 0.3 is 0 Å². The number of aromatic nitrogens is 1. The molecule has 0 fully saturated rings. The average molecular weight is 331 g/mol. The van der Waals surface area contributed by atoms with Crippen molar-refractivity contribution in [1.82, 2.24) is 4.98 Å². The van der Waals surface area contributed by atoms with Crippen molar-refractivity contribution in [2.45, 2.75) is 13.0 Å². The van der Waals surface area contributed by atoms with Crippen LogP contribution in [0.3, 0.4) is 0 Å². The summed E-state index contributed by atoms with van der Waals surface area (Å²) in [6, 6.07) is 12.2. The third kappa shape index (κ3) is 2.29. The zero-order chi connectivity index (χ0) is 14.1. The van der Waals surface area contributed by atoms with Gasteiger partial charge in [0.2, 0.25) is 0 Å². The van der Waals surface area contributed by atoms with Gasteiger partial charge in [-0.3, -0.25) is 9.98 Å². The first kappa shape index (κ1) is 13.1.